The molecule has 0 atom stereocenters. The highest BCUT2D eigenvalue weighted by Gasteiger charge is 2.15. The van der Waals surface area contributed by atoms with E-state index in [2.05, 4.69) is 9.47 Å². The van der Waals surface area contributed by atoms with Gasteiger partial charge in [0.05, 0.1) is 7.11 Å². The van der Waals surface area contributed by atoms with E-state index in [1.165, 1.54) is 14.2 Å². The van der Waals surface area contributed by atoms with E-state index < -0.39 is 17.4 Å². The van der Waals surface area contributed by atoms with Gasteiger partial charge in [-0.3, -0.25) is 4.79 Å². The summed E-state index contributed by atoms with van der Waals surface area (Å²) in [4.78, 5) is 11.3. The number of carbonyl (C=O) groups is 1. The summed E-state index contributed by atoms with van der Waals surface area (Å²) in [6, 6.07) is 1.96. The molecule has 5 heteroatoms. The van der Waals surface area contributed by atoms with E-state index in [9.17, 15) is 13.6 Å². The first kappa shape index (κ1) is 11.6. The molecule has 0 unspecified atom stereocenters. The maximum absolute atomic E-state index is 13.0. The van der Waals surface area contributed by atoms with Gasteiger partial charge in [0.1, 0.15) is 6.61 Å². The third-order valence-electron chi connectivity index (χ3n) is 1.81. The van der Waals surface area contributed by atoms with Crippen molar-refractivity contribution in [1.82, 2.24) is 0 Å². The maximum Gasteiger partial charge on any atom is 0.200 e. The van der Waals surface area contributed by atoms with Crippen molar-refractivity contribution in [3.8, 4) is 5.75 Å². The third-order valence-corrected chi connectivity index (χ3v) is 1.81. The number of ether oxygens (including phenoxy) is 2. The van der Waals surface area contributed by atoms with Crippen LogP contribution in [0.2, 0.25) is 0 Å². The number of Topliss-reactive ketones (excluding diaryl/α,β-unsaturated/α-hetero) is 1. The third kappa shape index (κ3) is 2.50. The summed E-state index contributed by atoms with van der Waals surface area (Å²) in [5.74, 6) is -2.95. The molecular weight excluding hydrogens is 206 g/mol. The molecule has 0 saturated carbocycles. The van der Waals surface area contributed by atoms with Crippen molar-refractivity contribution < 1.29 is 23.0 Å². The maximum atomic E-state index is 13.0. The fourth-order valence-electron chi connectivity index (χ4n) is 1.09. The molecular formula is C10H10F2O3. The lowest BCUT2D eigenvalue weighted by atomic mass is 10.1. The quantitative estimate of drug-likeness (QED) is 0.720. The number of hydrogen-bond acceptors (Lipinski definition) is 3. The average molecular weight is 216 g/mol. The Morgan fingerprint density at radius 3 is 2.53 bits per heavy atom. The lowest BCUT2D eigenvalue weighted by Crippen LogP contribution is -2.08. The molecule has 3 nitrogen and oxygen atoms in total. The number of ketones is 1. The van der Waals surface area contributed by atoms with Gasteiger partial charge in [-0.2, -0.15) is 4.39 Å². The van der Waals surface area contributed by atoms with Crippen molar-refractivity contribution >= 4 is 5.78 Å². The van der Waals surface area contributed by atoms with Crippen LogP contribution in [0.25, 0.3) is 0 Å². The lowest BCUT2D eigenvalue weighted by Gasteiger charge is -2.05. The molecule has 0 bridgehead atoms. The Balaban J connectivity index is 3.10. The summed E-state index contributed by atoms with van der Waals surface area (Å²) in [5.41, 5.74) is 0.0209. The van der Waals surface area contributed by atoms with E-state index in [1.807, 2.05) is 0 Å². The van der Waals surface area contributed by atoms with E-state index in [1.54, 1.807) is 0 Å². The first-order valence-corrected chi connectivity index (χ1v) is 4.15. The molecule has 0 fully saturated rings. The van der Waals surface area contributed by atoms with Crippen molar-refractivity contribution in [1.29, 1.82) is 0 Å². The van der Waals surface area contributed by atoms with Gasteiger partial charge in [0.15, 0.2) is 17.3 Å². The smallest absolute Gasteiger partial charge is 0.200 e. The SMILES string of the molecule is COCC(=O)c1cc(F)c(F)c(OC)c1. The molecule has 0 aliphatic carbocycles. The molecule has 0 aliphatic heterocycles. The molecule has 82 valence electrons. The van der Waals surface area contributed by atoms with Crippen LogP contribution in [-0.4, -0.2) is 26.6 Å². The second kappa shape index (κ2) is 4.84. The number of halogens is 2. The van der Waals surface area contributed by atoms with Crippen LogP contribution in [0.3, 0.4) is 0 Å². The van der Waals surface area contributed by atoms with Gasteiger partial charge in [0, 0.05) is 12.7 Å². The van der Waals surface area contributed by atoms with E-state index >= 15 is 0 Å². The molecule has 1 aromatic rings. The monoisotopic (exact) mass is 216 g/mol. The van der Waals surface area contributed by atoms with Crippen molar-refractivity contribution in [3.63, 3.8) is 0 Å². The standard InChI is InChI=1S/C10H10F2O3/c1-14-5-8(13)6-3-7(11)10(12)9(4-6)15-2/h3-4H,5H2,1-2H3. The molecule has 15 heavy (non-hydrogen) atoms. The molecule has 0 heterocycles. The number of rotatable bonds is 4. The normalized spacial score (nSPS) is 10.1. The Labute approximate surface area is 85.6 Å². The van der Waals surface area contributed by atoms with E-state index in [4.69, 9.17) is 0 Å². The van der Waals surface area contributed by atoms with Crippen LogP contribution >= 0.6 is 0 Å². The van der Waals surface area contributed by atoms with Gasteiger partial charge in [-0.25, -0.2) is 4.39 Å². The van der Waals surface area contributed by atoms with Crippen LogP contribution in [0.15, 0.2) is 12.1 Å². The molecule has 0 aliphatic rings. The second-order valence-corrected chi connectivity index (χ2v) is 2.83. The minimum absolute atomic E-state index is 0.0209. The van der Waals surface area contributed by atoms with Crippen LogP contribution < -0.4 is 4.74 Å². The van der Waals surface area contributed by atoms with Crippen molar-refractivity contribution in [2.75, 3.05) is 20.8 Å². The molecule has 0 N–H and O–H groups in total. The van der Waals surface area contributed by atoms with Gasteiger partial charge in [0.2, 0.25) is 5.82 Å². The molecule has 0 amide bonds. The van der Waals surface area contributed by atoms with Crippen molar-refractivity contribution in [3.05, 3.63) is 29.3 Å². The van der Waals surface area contributed by atoms with Crippen molar-refractivity contribution in [2.45, 2.75) is 0 Å². The highest BCUT2D eigenvalue weighted by atomic mass is 19.2. The number of hydrogen-bond donors (Lipinski definition) is 0. The molecule has 1 aromatic carbocycles. The zero-order valence-corrected chi connectivity index (χ0v) is 8.34. The summed E-state index contributed by atoms with van der Waals surface area (Å²) < 4.78 is 35.1. The molecule has 1 rings (SSSR count). The number of carbonyl (C=O) groups excluding carboxylic acids is 1. The molecule has 0 radical (unpaired) electrons. The van der Waals surface area contributed by atoms with Gasteiger partial charge in [-0.05, 0) is 12.1 Å². The zero-order chi connectivity index (χ0) is 11.4. The first-order valence-electron chi connectivity index (χ1n) is 4.15. The topological polar surface area (TPSA) is 35.5 Å². The Morgan fingerprint density at radius 1 is 1.33 bits per heavy atom. The second-order valence-electron chi connectivity index (χ2n) is 2.83. The van der Waals surface area contributed by atoms with Crippen LogP contribution in [0.5, 0.6) is 5.75 Å². The van der Waals surface area contributed by atoms with Gasteiger partial charge in [-0.1, -0.05) is 0 Å². The summed E-state index contributed by atoms with van der Waals surface area (Å²) in [5, 5.41) is 0. The minimum atomic E-state index is -1.12. The van der Waals surface area contributed by atoms with Gasteiger partial charge in [0.25, 0.3) is 0 Å². The van der Waals surface area contributed by atoms with Crippen LogP contribution in [0.1, 0.15) is 10.4 Å². The van der Waals surface area contributed by atoms with Crippen LogP contribution in [-0.2, 0) is 4.74 Å². The van der Waals surface area contributed by atoms with Gasteiger partial charge in [-0.15, -0.1) is 0 Å². The predicted molar refractivity (Wildman–Crippen MR) is 49.1 cm³/mol. The van der Waals surface area contributed by atoms with Crippen molar-refractivity contribution in [2.24, 2.45) is 0 Å². The average Bonchev–Trinajstić information content (AvgIpc) is 2.22. The molecule has 0 aromatic heterocycles. The van der Waals surface area contributed by atoms with E-state index in [-0.39, 0.29) is 17.9 Å². The van der Waals surface area contributed by atoms with E-state index in [0.717, 1.165) is 12.1 Å². The zero-order valence-electron chi connectivity index (χ0n) is 8.34. The summed E-state index contributed by atoms with van der Waals surface area (Å²) >= 11 is 0. The fourth-order valence-corrected chi connectivity index (χ4v) is 1.09. The summed E-state index contributed by atoms with van der Waals surface area (Å²) in [7, 11) is 2.54. The fraction of sp³-hybridized carbons (Fsp3) is 0.300. The van der Waals surface area contributed by atoms with E-state index in [0.29, 0.717) is 0 Å². The lowest BCUT2D eigenvalue weighted by molar-refractivity contribution is 0.0847. The van der Waals surface area contributed by atoms with Gasteiger partial charge >= 0.3 is 0 Å². The Hall–Kier alpha value is -1.49. The highest BCUT2D eigenvalue weighted by molar-refractivity contribution is 5.97. The van der Waals surface area contributed by atoms with Crippen LogP contribution in [0.4, 0.5) is 8.78 Å². The molecule has 0 spiro atoms. The summed E-state index contributed by atoms with van der Waals surface area (Å²) in [6.45, 7) is -0.186. The Bertz CT molecular complexity index is 377. The number of benzene rings is 1. The van der Waals surface area contributed by atoms with Gasteiger partial charge < -0.3 is 9.47 Å². The van der Waals surface area contributed by atoms with Crippen LogP contribution in [0, 0.1) is 11.6 Å². The molecule has 0 saturated heterocycles. The summed E-state index contributed by atoms with van der Waals surface area (Å²) in [6.07, 6.45) is 0. The first-order chi connectivity index (χ1) is 7.10. The minimum Gasteiger partial charge on any atom is -0.494 e. The predicted octanol–water partition coefficient (Wildman–Crippen LogP) is 1.80. The Kier molecular flexibility index (Phi) is 3.74. The Morgan fingerprint density at radius 2 is 2.00 bits per heavy atom. The largest absolute Gasteiger partial charge is 0.494 e. The number of methoxy groups -OCH3 is 2. The highest BCUT2D eigenvalue weighted by Crippen LogP contribution is 2.22.